The van der Waals surface area contributed by atoms with Crippen molar-refractivity contribution in [3.63, 3.8) is 0 Å². The van der Waals surface area contributed by atoms with Crippen LogP contribution in [-0.2, 0) is 0 Å². The van der Waals surface area contributed by atoms with Crippen LogP contribution >= 0.6 is 11.6 Å². The van der Waals surface area contributed by atoms with Crippen molar-refractivity contribution >= 4 is 22.7 Å². The summed E-state index contributed by atoms with van der Waals surface area (Å²) < 4.78 is 11.0. The minimum absolute atomic E-state index is 0.479. The molecule has 2 aromatic rings. The molecule has 0 aliphatic heterocycles. The zero-order valence-electron chi connectivity index (χ0n) is 9.70. The Morgan fingerprint density at radius 3 is 2.82 bits per heavy atom. The Labute approximate surface area is 105 Å². The number of rotatable bonds is 2. The number of fused-ring (bicyclic) bond motifs is 1. The standard InChI is InChI=1S/C13H14ClNO2/c1-16-11-7-12-10(6-9(11)14)15-13(17-12)8-4-2-3-5-8/h6-8H,2-5H2,1H3. The van der Waals surface area contributed by atoms with Crippen LogP contribution in [-0.4, -0.2) is 12.1 Å². The first-order valence-corrected chi connectivity index (χ1v) is 6.29. The van der Waals surface area contributed by atoms with Crippen LogP contribution in [0.25, 0.3) is 11.1 Å². The molecule has 1 fully saturated rings. The summed E-state index contributed by atoms with van der Waals surface area (Å²) >= 11 is 6.07. The third-order valence-electron chi connectivity index (χ3n) is 3.38. The minimum atomic E-state index is 0.479. The van der Waals surface area contributed by atoms with Crippen LogP contribution in [0.2, 0.25) is 5.02 Å². The van der Waals surface area contributed by atoms with Gasteiger partial charge >= 0.3 is 0 Å². The number of hydrogen-bond acceptors (Lipinski definition) is 3. The van der Waals surface area contributed by atoms with Gasteiger partial charge in [-0.2, -0.15) is 0 Å². The lowest BCUT2D eigenvalue weighted by atomic mass is 10.1. The molecular formula is C13H14ClNO2. The molecule has 1 aromatic heterocycles. The number of nitrogens with zero attached hydrogens (tertiary/aromatic N) is 1. The molecule has 0 bridgehead atoms. The zero-order chi connectivity index (χ0) is 11.8. The van der Waals surface area contributed by atoms with E-state index in [1.54, 1.807) is 13.2 Å². The highest BCUT2D eigenvalue weighted by Crippen LogP contribution is 2.37. The van der Waals surface area contributed by atoms with Gasteiger partial charge in [-0.1, -0.05) is 24.4 Å². The first-order chi connectivity index (χ1) is 8.28. The molecular weight excluding hydrogens is 238 g/mol. The van der Waals surface area contributed by atoms with Crippen LogP contribution in [0, 0.1) is 0 Å². The largest absolute Gasteiger partial charge is 0.495 e. The number of aromatic nitrogens is 1. The molecule has 17 heavy (non-hydrogen) atoms. The number of hydrogen-bond donors (Lipinski definition) is 0. The fourth-order valence-electron chi connectivity index (χ4n) is 2.45. The van der Waals surface area contributed by atoms with Gasteiger partial charge in [-0.25, -0.2) is 4.98 Å². The van der Waals surface area contributed by atoms with Gasteiger partial charge in [-0.05, 0) is 18.9 Å². The van der Waals surface area contributed by atoms with Crippen LogP contribution in [0.5, 0.6) is 5.75 Å². The highest BCUT2D eigenvalue weighted by Gasteiger charge is 2.22. The SMILES string of the molecule is COc1cc2oc(C3CCCC3)nc2cc1Cl. The Kier molecular flexibility index (Phi) is 2.71. The molecule has 0 amide bonds. The fourth-order valence-corrected chi connectivity index (χ4v) is 2.69. The highest BCUT2D eigenvalue weighted by atomic mass is 35.5. The molecule has 3 rings (SSSR count). The summed E-state index contributed by atoms with van der Waals surface area (Å²) in [5.74, 6) is 1.96. The summed E-state index contributed by atoms with van der Waals surface area (Å²) in [5, 5.41) is 0.575. The Balaban J connectivity index is 2.05. The summed E-state index contributed by atoms with van der Waals surface area (Å²) in [5.41, 5.74) is 1.57. The van der Waals surface area contributed by atoms with Gasteiger partial charge in [-0.15, -0.1) is 0 Å². The Bertz CT molecular complexity index is 544. The van der Waals surface area contributed by atoms with Crippen molar-refractivity contribution in [3.05, 3.63) is 23.0 Å². The quantitative estimate of drug-likeness (QED) is 0.804. The van der Waals surface area contributed by atoms with E-state index >= 15 is 0 Å². The molecule has 0 spiro atoms. The van der Waals surface area contributed by atoms with Crippen LogP contribution in [0.4, 0.5) is 0 Å². The first kappa shape index (κ1) is 10.9. The monoisotopic (exact) mass is 251 g/mol. The summed E-state index contributed by atoms with van der Waals surface area (Å²) in [6.07, 6.45) is 4.90. The predicted octanol–water partition coefficient (Wildman–Crippen LogP) is 4.15. The molecule has 0 radical (unpaired) electrons. The van der Waals surface area contributed by atoms with E-state index < -0.39 is 0 Å². The predicted molar refractivity (Wildman–Crippen MR) is 66.8 cm³/mol. The van der Waals surface area contributed by atoms with E-state index in [1.807, 2.05) is 6.07 Å². The lowest BCUT2D eigenvalue weighted by molar-refractivity contribution is 0.414. The molecule has 1 heterocycles. The molecule has 0 unspecified atom stereocenters. The third-order valence-corrected chi connectivity index (χ3v) is 3.68. The third kappa shape index (κ3) is 1.89. The summed E-state index contributed by atoms with van der Waals surface area (Å²) in [6.45, 7) is 0. The van der Waals surface area contributed by atoms with Gasteiger partial charge in [0.15, 0.2) is 11.5 Å². The molecule has 1 aliphatic rings. The molecule has 90 valence electrons. The average Bonchev–Trinajstić information content (AvgIpc) is 2.95. The van der Waals surface area contributed by atoms with Crippen LogP contribution in [0.3, 0.4) is 0 Å². The Hall–Kier alpha value is -1.22. The van der Waals surface area contributed by atoms with Crippen molar-refractivity contribution < 1.29 is 9.15 Å². The molecule has 1 aliphatic carbocycles. The van der Waals surface area contributed by atoms with Gasteiger partial charge in [0, 0.05) is 12.0 Å². The highest BCUT2D eigenvalue weighted by molar-refractivity contribution is 6.32. The molecule has 0 saturated heterocycles. The maximum Gasteiger partial charge on any atom is 0.198 e. The van der Waals surface area contributed by atoms with Gasteiger partial charge in [0.1, 0.15) is 11.3 Å². The molecule has 0 N–H and O–H groups in total. The minimum Gasteiger partial charge on any atom is -0.495 e. The maximum absolute atomic E-state index is 6.07. The van der Waals surface area contributed by atoms with E-state index in [2.05, 4.69) is 4.98 Å². The maximum atomic E-state index is 6.07. The number of methoxy groups -OCH3 is 1. The first-order valence-electron chi connectivity index (χ1n) is 5.92. The van der Waals surface area contributed by atoms with E-state index in [1.165, 1.54) is 25.7 Å². The van der Waals surface area contributed by atoms with E-state index in [-0.39, 0.29) is 0 Å². The van der Waals surface area contributed by atoms with E-state index in [0.29, 0.717) is 16.7 Å². The molecule has 1 saturated carbocycles. The summed E-state index contributed by atoms with van der Waals surface area (Å²) in [4.78, 5) is 4.52. The smallest absolute Gasteiger partial charge is 0.198 e. The zero-order valence-corrected chi connectivity index (χ0v) is 10.5. The lowest BCUT2D eigenvalue weighted by Gasteiger charge is -2.01. The molecule has 1 aromatic carbocycles. The van der Waals surface area contributed by atoms with E-state index in [9.17, 15) is 0 Å². The molecule has 3 nitrogen and oxygen atoms in total. The number of benzene rings is 1. The van der Waals surface area contributed by atoms with Crippen molar-refractivity contribution in [2.24, 2.45) is 0 Å². The normalized spacial score (nSPS) is 16.8. The van der Waals surface area contributed by atoms with Crippen molar-refractivity contribution in [1.29, 1.82) is 0 Å². The van der Waals surface area contributed by atoms with Crippen molar-refractivity contribution in [2.75, 3.05) is 7.11 Å². The second-order valence-corrected chi connectivity index (χ2v) is 4.90. The number of ether oxygens (including phenoxy) is 1. The van der Waals surface area contributed by atoms with Gasteiger partial charge in [-0.3, -0.25) is 0 Å². The van der Waals surface area contributed by atoms with Gasteiger partial charge in [0.25, 0.3) is 0 Å². The molecule has 0 atom stereocenters. The summed E-state index contributed by atoms with van der Waals surface area (Å²) in [7, 11) is 1.60. The van der Waals surface area contributed by atoms with Crippen molar-refractivity contribution in [3.8, 4) is 5.75 Å². The van der Waals surface area contributed by atoms with Gasteiger partial charge < -0.3 is 9.15 Å². The van der Waals surface area contributed by atoms with Crippen LogP contribution in [0.1, 0.15) is 37.5 Å². The summed E-state index contributed by atoms with van der Waals surface area (Å²) in [6, 6.07) is 3.61. The topological polar surface area (TPSA) is 35.3 Å². The Morgan fingerprint density at radius 2 is 2.12 bits per heavy atom. The number of halogens is 1. The van der Waals surface area contributed by atoms with Crippen LogP contribution < -0.4 is 4.74 Å². The van der Waals surface area contributed by atoms with Crippen molar-refractivity contribution in [1.82, 2.24) is 4.98 Å². The van der Waals surface area contributed by atoms with E-state index in [4.69, 9.17) is 20.8 Å². The second kappa shape index (κ2) is 4.22. The average molecular weight is 252 g/mol. The van der Waals surface area contributed by atoms with E-state index in [0.717, 1.165) is 17.0 Å². The second-order valence-electron chi connectivity index (χ2n) is 4.49. The Morgan fingerprint density at radius 1 is 1.35 bits per heavy atom. The lowest BCUT2D eigenvalue weighted by Crippen LogP contribution is -1.90. The van der Waals surface area contributed by atoms with Gasteiger partial charge in [0.05, 0.1) is 12.1 Å². The van der Waals surface area contributed by atoms with Crippen LogP contribution in [0.15, 0.2) is 16.5 Å². The molecule has 4 heteroatoms. The fraction of sp³-hybridized carbons (Fsp3) is 0.462. The van der Waals surface area contributed by atoms with Gasteiger partial charge in [0.2, 0.25) is 0 Å². The number of oxazole rings is 1. The van der Waals surface area contributed by atoms with Crippen molar-refractivity contribution in [2.45, 2.75) is 31.6 Å².